The molecule has 0 saturated carbocycles. The number of likely N-dealkylation sites (tertiary alicyclic amines) is 1. The SMILES string of the molecule is CN=C(NCCn1cc(C)cn1)N1CCC(c2ncn[nH]2)CC1. The monoisotopic (exact) mass is 316 g/mol. The van der Waals surface area contributed by atoms with Crippen LogP contribution in [0.2, 0.25) is 0 Å². The van der Waals surface area contributed by atoms with Crippen molar-refractivity contribution < 1.29 is 0 Å². The molecule has 1 aliphatic rings. The van der Waals surface area contributed by atoms with Gasteiger partial charge in [-0.3, -0.25) is 14.8 Å². The zero-order valence-corrected chi connectivity index (χ0v) is 13.7. The Bertz CT molecular complexity index is 622. The lowest BCUT2D eigenvalue weighted by molar-refractivity contribution is 0.298. The molecule has 1 fully saturated rings. The lowest BCUT2D eigenvalue weighted by atomic mass is 9.96. The molecule has 0 aliphatic carbocycles. The molecule has 2 aromatic rings. The number of rotatable bonds is 4. The molecule has 23 heavy (non-hydrogen) atoms. The van der Waals surface area contributed by atoms with E-state index in [-0.39, 0.29) is 0 Å². The standard InChI is InChI=1S/C15H24N8/c1-12-9-20-23(10-12)8-5-17-15(16-2)22-6-3-13(4-7-22)14-18-11-19-21-14/h9-11,13H,3-8H2,1-2H3,(H,16,17)(H,18,19,21). The van der Waals surface area contributed by atoms with E-state index in [4.69, 9.17) is 0 Å². The van der Waals surface area contributed by atoms with Gasteiger partial charge in [-0.05, 0) is 25.3 Å². The third kappa shape index (κ3) is 3.88. The number of nitrogens with one attached hydrogen (secondary N) is 2. The van der Waals surface area contributed by atoms with E-state index >= 15 is 0 Å². The van der Waals surface area contributed by atoms with Gasteiger partial charge in [0.1, 0.15) is 12.2 Å². The van der Waals surface area contributed by atoms with Crippen molar-refractivity contribution in [3.8, 4) is 0 Å². The van der Waals surface area contributed by atoms with Crippen LogP contribution in [0.5, 0.6) is 0 Å². The molecule has 1 saturated heterocycles. The zero-order valence-electron chi connectivity index (χ0n) is 13.7. The maximum Gasteiger partial charge on any atom is 0.193 e. The third-order valence-corrected chi connectivity index (χ3v) is 4.21. The van der Waals surface area contributed by atoms with Gasteiger partial charge in [0.05, 0.1) is 12.7 Å². The summed E-state index contributed by atoms with van der Waals surface area (Å²) in [6.07, 6.45) is 7.64. The normalized spacial score (nSPS) is 16.8. The fraction of sp³-hybridized carbons (Fsp3) is 0.600. The lowest BCUT2D eigenvalue weighted by Gasteiger charge is -2.33. The molecule has 2 N–H and O–H groups in total. The van der Waals surface area contributed by atoms with E-state index in [1.54, 1.807) is 6.33 Å². The number of aryl methyl sites for hydroxylation is 1. The first-order chi connectivity index (χ1) is 11.3. The van der Waals surface area contributed by atoms with Crippen molar-refractivity contribution in [1.29, 1.82) is 0 Å². The molecular weight excluding hydrogens is 292 g/mol. The highest BCUT2D eigenvalue weighted by atomic mass is 15.3. The van der Waals surface area contributed by atoms with Crippen molar-refractivity contribution in [2.24, 2.45) is 4.99 Å². The van der Waals surface area contributed by atoms with E-state index in [0.717, 1.165) is 50.8 Å². The average molecular weight is 316 g/mol. The van der Waals surface area contributed by atoms with Crippen LogP contribution in [0.3, 0.4) is 0 Å². The van der Waals surface area contributed by atoms with Crippen LogP contribution < -0.4 is 5.32 Å². The number of hydrogen-bond donors (Lipinski definition) is 2. The van der Waals surface area contributed by atoms with Gasteiger partial charge < -0.3 is 10.2 Å². The van der Waals surface area contributed by atoms with Gasteiger partial charge in [-0.2, -0.15) is 10.2 Å². The summed E-state index contributed by atoms with van der Waals surface area (Å²) in [4.78, 5) is 11.0. The van der Waals surface area contributed by atoms with Crippen LogP contribution in [0, 0.1) is 6.92 Å². The third-order valence-electron chi connectivity index (χ3n) is 4.21. The van der Waals surface area contributed by atoms with E-state index in [0.29, 0.717) is 5.92 Å². The second-order valence-electron chi connectivity index (χ2n) is 5.89. The molecular formula is C15H24N8. The molecule has 8 heteroatoms. The molecule has 0 aromatic carbocycles. The predicted octanol–water partition coefficient (Wildman–Crippen LogP) is 0.765. The topological polar surface area (TPSA) is 87.0 Å². The number of aliphatic imine (C=N–C) groups is 1. The van der Waals surface area contributed by atoms with Gasteiger partial charge in [0.15, 0.2) is 5.96 Å². The van der Waals surface area contributed by atoms with Crippen molar-refractivity contribution >= 4 is 5.96 Å². The van der Waals surface area contributed by atoms with E-state index in [1.165, 1.54) is 5.56 Å². The highest BCUT2D eigenvalue weighted by Gasteiger charge is 2.24. The molecule has 3 heterocycles. The van der Waals surface area contributed by atoms with Crippen molar-refractivity contribution in [3.05, 3.63) is 30.1 Å². The number of hydrogen-bond acceptors (Lipinski definition) is 4. The van der Waals surface area contributed by atoms with Gasteiger partial charge in [-0.1, -0.05) is 0 Å². The van der Waals surface area contributed by atoms with E-state index in [2.05, 4.69) is 42.4 Å². The van der Waals surface area contributed by atoms with Gasteiger partial charge in [-0.15, -0.1) is 0 Å². The minimum atomic E-state index is 0.471. The average Bonchev–Trinajstić information content (AvgIpc) is 3.24. The van der Waals surface area contributed by atoms with Crippen LogP contribution in [0.25, 0.3) is 0 Å². The van der Waals surface area contributed by atoms with E-state index in [9.17, 15) is 0 Å². The molecule has 0 atom stereocenters. The van der Waals surface area contributed by atoms with Gasteiger partial charge in [0.25, 0.3) is 0 Å². The lowest BCUT2D eigenvalue weighted by Crippen LogP contribution is -2.46. The molecule has 1 aliphatic heterocycles. The fourth-order valence-corrected chi connectivity index (χ4v) is 2.98. The zero-order chi connectivity index (χ0) is 16.1. The molecule has 0 bridgehead atoms. The maximum absolute atomic E-state index is 4.40. The second kappa shape index (κ2) is 7.26. The largest absolute Gasteiger partial charge is 0.354 e. The number of aromatic amines is 1. The summed E-state index contributed by atoms with van der Waals surface area (Å²) < 4.78 is 1.95. The Kier molecular flexibility index (Phi) is 4.89. The number of nitrogens with zero attached hydrogens (tertiary/aromatic N) is 6. The highest BCUT2D eigenvalue weighted by molar-refractivity contribution is 5.79. The van der Waals surface area contributed by atoms with Crippen LogP contribution in [-0.4, -0.2) is 62.5 Å². The predicted molar refractivity (Wildman–Crippen MR) is 88.3 cm³/mol. The fourth-order valence-electron chi connectivity index (χ4n) is 2.98. The Morgan fingerprint density at radius 1 is 1.43 bits per heavy atom. The number of guanidine groups is 1. The Morgan fingerprint density at radius 3 is 2.87 bits per heavy atom. The van der Waals surface area contributed by atoms with Crippen molar-refractivity contribution in [1.82, 2.24) is 35.2 Å². The summed E-state index contributed by atoms with van der Waals surface area (Å²) >= 11 is 0. The van der Waals surface area contributed by atoms with Crippen molar-refractivity contribution in [3.63, 3.8) is 0 Å². The molecule has 0 spiro atoms. The van der Waals surface area contributed by atoms with Crippen LogP contribution in [0.1, 0.15) is 30.1 Å². The molecule has 8 nitrogen and oxygen atoms in total. The smallest absolute Gasteiger partial charge is 0.193 e. The first kappa shape index (κ1) is 15.5. The number of aromatic nitrogens is 5. The minimum absolute atomic E-state index is 0.471. The van der Waals surface area contributed by atoms with Crippen LogP contribution >= 0.6 is 0 Å². The van der Waals surface area contributed by atoms with Crippen molar-refractivity contribution in [2.45, 2.75) is 32.2 Å². The summed E-state index contributed by atoms with van der Waals surface area (Å²) in [6, 6.07) is 0. The summed E-state index contributed by atoms with van der Waals surface area (Å²) in [5.74, 6) is 2.44. The van der Waals surface area contributed by atoms with Crippen LogP contribution in [0.15, 0.2) is 23.7 Å². The Morgan fingerprint density at radius 2 is 2.26 bits per heavy atom. The second-order valence-corrected chi connectivity index (χ2v) is 5.89. The van der Waals surface area contributed by atoms with Gasteiger partial charge in [0, 0.05) is 38.8 Å². The Balaban J connectivity index is 1.46. The highest BCUT2D eigenvalue weighted by Crippen LogP contribution is 2.24. The van der Waals surface area contributed by atoms with Gasteiger partial charge in [0.2, 0.25) is 0 Å². The molecule has 124 valence electrons. The van der Waals surface area contributed by atoms with Gasteiger partial charge >= 0.3 is 0 Å². The van der Waals surface area contributed by atoms with E-state index < -0.39 is 0 Å². The van der Waals surface area contributed by atoms with Crippen molar-refractivity contribution in [2.75, 3.05) is 26.7 Å². The maximum atomic E-state index is 4.40. The van der Waals surface area contributed by atoms with E-state index in [1.807, 2.05) is 24.1 Å². The minimum Gasteiger partial charge on any atom is -0.354 e. The summed E-state index contributed by atoms with van der Waals surface area (Å²) in [5, 5.41) is 14.7. The summed E-state index contributed by atoms with van der Waals surface area (Å²) in [7, 11) is 1.84. The summed E-state index contributed by atoms with van der Waals surface area (Å²) in [5.41, 5.74) is 1.18. The Hall–Kier alpha value is -2.38. The molecule has 3 rings (SSSR count). The first-order valence-electron chi connectivity index (χ1n) is 8.06. The number of piperidine rings is 1. The van der Waals surface area contributed by atoms with Crippen LogP contribution in [-0.2, 0) is 6.54 Å². The van der Waals surface area contributed by atoms with Gasteiger partial charge in [-0.25, -0.2) is 4.98 Å². The van der Waals surface area contributed by atoms with Crippen LogP contribution in [0.4, 0.5) is 0 Å². The molecule has 2 aromatic heterocycles. The molecule has 0 unspecified atom stereocenters. The Labute approximate surface area is 136 Å². The number of H-pyrrole nitrogens is 1. The first-order valence-corrected chi connectivity index (χ1v) is 8.06. The molecule has 0 radical (unpaired) electrons. The summed E-state index contributed by atoms with van der Waals surface area (Å²) in [6.45, 7) is 5.66. The molecule has 0 amide bonds. The quantitative estimate of drug-likeness (QED) is 0.642.